The molecule has 0 N–H and O–H groups in total. The average molecular weight is 484 g/mol. The first-order valence-electron chi connectivity index (χ1n) is 11.6. The molecule has 1 saturated heterocycles. The van der Waals surface area contributed by atoms with E-state index in [1.807, 2.05) is 14.0 Å². The summed E-state index contributed by atoms with van der Waals surface area (Å²) in [6, 6.07) is 12.9. The molecule has 1 fully saturated rings. The van der Waals surface area contributed by atoms with Crippen LogP contribution in [0.25, 0.3) is 22.2 Å². The van der Waals surface area contributed by atoms with Crippen LogP contribution < -0.4 is 0 Å². The van der Waals surface area contributed by atoms with E-state index in [0.717, 1.165) is 22.4 Å². The predicted molar refractivity (Wildman–Crippen MR) is 134 cm³/mol. The number of rotatable bonds is 5. The van der Waals surface area contributed by atoms with E-state index in [1.54, 1.807) is 0 Å². The van der Waals surface area contributed by atoms with Gasteiger partial charge in [0.25, 0.3) is 0 Å². The number of piperidine rings is 1. The van der Waals surface area contributed by atoms with Crippen molar-refractivity contribution in [1.82, 2.24) is 13.9 Å². The number of sulfonamides is 1. The third kappa shape index (κ3) is 4.03. The summed E-state index contributed by atoms with van der Waals surface area (Å²) in [6.07, 6.45) is 1.43. The molecule has 7 nitrogen and oxygen atoms in total. The van der Waals surface area contributed by atoms with Gasteiger partial charge in [0, 0.05) is 20.1 Å². The van der Waals surface area contributed by atoms with Crippen molar-refractivity contribution in [2.24, 2.45) is 7.05 Å². The van der Waals surface area contributed by atoms with Crippen molar-refractivity contribution in [3.8, 4) is 11.1 Å². The van der Waals surface area contributed by atoms with Crippen LogP contribution in [0.1, 0.15) is 49.6 Å². The molecule has 0 radical (unpaired) electrons. The quantitative estimate of drug-likeness (QED) is 0.505. The number of hydrogen-bond acceptors (Lipinski definition) is 5. The normalized spacial score (nSPS) is 16.2. The van der Waals surface area contributed by atoms with Crippen molar-refractivity contribution >= 4 is 27.0 Å². The number of aromatic nitrogens is 2. The molecule has 1 aliphatic heterocycles. The molecule has 2 heterocycles. The molecule has 0 atom stereocenters. The van der Waals surface area contributed by atoms with Crippen LogP contribution in [0.15, 0.2) is 36.4 Å². The second-order valence-corrected chi connectivity index (χ2v) is 12.2. The van der Waals surface area contributed by atoms with Crippen molar-refractivity contribution in [3.63, 3.8) is 0 Å². The maximum atomic E-state index is 13.0. The SMILES string of the molecule is COC(=O)C(C)(C)S(=O)(=O)N1CCC(c2ccc(-c3ccc4c(c3)nc(C)n4C)c(C)c2)CC1. The Morgan fingerprint density at radius 3 is 2.38 bits per heavy atom. The van der Waals surface area contributed by atoms with E-state index in [2.05, 4.69) is 52.9 Å². The minimum atomic E-state index is -3.80. The molecule has 2 aromatic carbocycles. The second kappa shape index (κ2) is 8.82. The molecule has 4 rings (SSSR count). The summed E-state index contributed by atoms with van der Waals surface area (Å²) in [5.41, 5.74) is 6.83. The van der Waals surface area contributed by atoms with Crippen molar-refractivity contribution in [2.45, 2.75) is 51.2 Å². The van der Waals surface area contributed by atoms with Crippen LogP contribution in [0, 0.1) is 13.8 Å². The molecule has 3 aromatic rings. The van der Waals surface area contributed by atoms with Gasteiger partial charge in [-0.25, -0.2) is 17.7 Å². The molecule has 182 valence electrons. The first-order valence-corrected chi connectivity index (χ1v) is 13.0. The third-order valence-electron chi connectivity index (χ3n) is 7.25. The van der Waals surface area contributed by atoms with E-state index in [0.29, 0.717) is 25.9 Å². The van der Waals surface area contributed by atoms with Gasteiger partial charge in [-0.1, -0.05) is 24.3 Å². The minimum absolute atomic E-state index is 0.279. The van der Waals surface area contributed by atoms with Gasteiger partial charge >= 0.3 is 5.97 Å². The maximum Gasteiger partial charge on any atom is 0.328 e. The fraction of sp³-hybridized carbons (Fsp3) is 0.462. The lowest BCUT2D eigenvalue weighted by Gasteiger charge is -2.35. The Morgan fingerprint density at radius 1 is 1.09 bits per heavy atom. The summed E-state index contributed by atoms with van der Waals surface area (Å²) in [5.74, 6) is 0.531. The van der Waals surface area contributed by atoms with E-state index in [4.69, 9.17) is 4.74 Å². The lowest BCUT2D eigenvalue weighted by Crippen LogP contribution is -2.52. The number of methoxy groups -OCH3 is 1. The van der Waals surface area contributed by atoms with Gasteiger partial charge in [0.05, 0.1) is 18.1 Å². The number of nitrogens with zero attached hydrogens (tertiary/aromatic N) is 3. The first kappa shape index (κ1) is 24.4. The fourth-order valence-electron chi connectivity index (χ4n) is 4.86. The number of aryl methyl sites for hydroxylation is 3. The van der Waals surface area contributed by atoms with Crippen LogP contribution in [0.5, 0.6) is 0 Å². The highest BCUT2D eigenvalue weighted by Crippen LogP contribution is 2.35. The fourth-order valence-corrected chi connectivity index (χ4v) is 6.49. The first-order chi connectivity index (χ1) is 16.0. The van der Waals surface area contributed by atoms with Crippen molar-refractivity contribution in [1.29, 1.82) is 0 Å². The molecular weight excluding hydrogens is 450 g/mol. The van der Waals surface area contributed by atoms with Gasteiger partial charge in [-0.2, -0.15) is 0 Å². The van der Waals surface area contributed by atoms with Gasteiger partial charge < -0.3 is 9.30 Å². The maximum absolute atomic E-state index is 13.0. The molecule has 0 spiro atoms. The Morgan fingerprint density at radius 2 is 1.76 bits per heavy atom. The highest BCUT2D eigenvalue weighted by atomic mass is 32.2. The number of fused-ring (bicyclic) bond motifs is 1. The van der Waals surface area contributed by atoms with E-state index in [-0.39, 0.29) is 5.92 Å². The lowest BCUT2D eigenvalue weighted by atomic mass is 9.87. The molecule has 0 aliphatic carbocycles. The number of esters is 1. The number of benzene rings is 2. The molecule has 1 aliphatic rings. The van der Waals surface area contributed by atoms with E-state index in [1.165, 1.54) is 42.0 Å². The predicted octanol–water partition coefficient (Wildman–Crippen LogP) is 4.32. The van der Waals surface area contributed by atoms with Crippen LogP contribution in [-0.4, -0.2) is 53.2 Å². The molecule has 0 unspecified atom stereocenters. The van der Waals surface area contributed by atoms with Gasteiger partial charge in [0.2, 0.25) is 10.0 Å². The highest BCUT2D eigenvalue weighted by molar-refractivity contribution is 7.91. The second-order valence-electron chi connectivity index (χ2n) is 9.68. The van der Waals surface area contributed by atoms with E-state index >= 15 is 0 Å². The molecule has 0 saturated carbocycles. The van der Waals surface area contributed by atoms with Gasteiger partial charge in [-0.05, 0) is 80.8 Å². The molecule has 1 aromatic heterocycles. The minimum Gasteiger partial charge on any atom is -0.468 e. The zero-order chi connectivity index (χ0) is 24.8. The molecular formula is C26H33N3O4S. The summed E-state index contributed by atoms with van der Waals surface area (Å²) in [4.78, 5) is 16.7. The van der Waals surface area contributed by atoms with Crippen LogP contribution in [0.3, 0.4) is 0 Å². The molecule has 8 heteroatoms. The molecule has 0 amide bonds. The van der Waals surface area contributed by atoms with E-state index in [9.17, 15) is 13.2 Å². The number of ether oxygens (including phenoxy) is 1. The standard InChI is InChI=1S/C26H33N3O4S/c1-17-15-20(7-9-22(17)21-8-10-24-23(16-21)27-18(2)28(24)5)19-11-13-29(14-12-19)34(31,32)26(3,4)25(30)33-6/h7-10,15-16,19H,11-14H2,1-6H3. The van der Waals surface area contributed by atoms with Crippen LogP contribution in [0.2, 0.25) is 0 Å². The lowest BCUT2D eigenvalue weighted by molar-refractivity contribution is -0.142. The van der Waals surface area contributed by atoms with E-state index < -0.39 is 20.7 Å². The topological polar surface area (TPSA) is 81.5 Å². The van der Waals surface area contributed by atoms with Crippen LogP contribution >= 0.6 is 0 Å². The Labute approximate surface area is 201 Å². The smallest absolute Gasteiger partial charge is 0.328 e. The number of hydrogen-bond donors (Lipinski definition) is 0. The van der Waals surface area contributed by atoms with Crippen LogP contribution in [-0.2, 0) is 26.6 Å². The monoisotopic (exact) mass is 483 g/mol. The zero-order valence-electron chi connectivity index (χ0n) is 20.8. The number of imidazole rings is 1. The Hall–Kier alpha value is -2.71. The summed E-state index contributed by atoms with van der Waals surface area (Å²) in [5, 5.41) is 0. The zero-order valence-corrected chi connectivity index (χ0v) is 21.6. The summed E-state index contributed by atoms with van der Waals surface area (Å²) in [6.45, 7) is 7.73. The Bertz CT molecular complexity index is 1350. The average Bonchev–Trinajstić information content (AvgIpc) is 3.10. The number of carbonyl (C=O) groups excluding carboxylic acids is 1. The largest absolute Gasteiger partial charge is 0.468 e. The Balaban J connectivity index is 1.51. The number of carbonyl (C=O) groups is 1. The van der Waals surface area contributed by atoms with Crippen LogP contribution in [0.4, 0.5) is 0 Å². The summed E-state index contributed by atoms with van der Waals surface area (Å²) in [7, 11) is -0.557. The van der Waals surface area contributed by atoms with Crippen molar-refractivity contribution in [3.05, 3.63) is 53.3 Å². The molecule has 34 heavy (non-hydrogen) atoms. The molecule has 0 bridgehead atoms. The van der Waals surface area contributed by atoms with Crippen molar-refractivity contribution < 1.29 is 17.9 Å². The van der Waals surface area contributed by atoms with Crippen molar-refractivity contribution in [2.75, 3.05) is 20.2 Å². The highest BCUT2D eigenvalue weighted by Gasteiger charge is 2.47. The van der Waals surface area contributed by atoms with Gasteiger partial charge in [-0.3, -0.25) is 4.79 Å². The van der Waals surface area contributed by atoms with Gasteiger partial charge in [0.1, 0.15) is 5.82 Å². The third-order valence-corrected chi connectivity index (χ3v) is 9.75. The van der Waals surface area contributed by atoms with Gasteiger partial charge in [-0.15, -0.1) is 0 Å². The van der Waals surface area contributed by atoms with Gasteiger partial charge in [0.15, 0.2) is 4.75 Å². The Kier molecular flexibility index (Phi) is 6.33. The summed E-state index contributed by atoms with van der Waals surface area (Å²) < 4.78 is 32.7. The summed E-state index contributed by atoms with van der Waals surface area (Å²) >= 11 is 0.